The number of aromatic hydroxyl groups is 1. The molecule has 1 N–H and O–H groups in total. The van der Waals surface area contributed by atoms with Gasteiger partial charge < -0.3 is 5.11 Å². The molecule has 2 aromatic carbocycles. The number of aryl methyl sites for hydroxylation is 1. The Kier molecular flexibility index (Phi) is 3.39. The van der Waals surface area contributed by atoms with Gasteiger partial charge in [0, 0.05) is 0 Å². The van der Waals surface area contributed by atoms with Crippen LogP contribution in [0, 0.1) is 12.3 Å². The molecule has 1 aromatic heterocycles. The third-order valence-electron chi connectivity index (χ3n) is 3.54. The summed E-state index contributed by atoms with van der Waals surface area (Å²) in [6.07, 6.45) is 0.800. The van der Waals surface area contributed by atoms with E-state index in [0.29, 0.717) is 5.69 Å². The lowest BCUT2D eigenvalue weighted by atomic mass is 9.87. The van der Waals surface area contributed by atoms with Gasteiger partial charge in [0.25, 0.3) is 0 Å². The number of hydrogen-bond donors (Lipinski definition) is 1. The van der Waals surface area contributed by atoms with Crippen molar-refractivity contribution in [3.63, 3.8) is 0 Å². The highest BCUT2D eigenvalue weighted by atomic mass is 16.3. The zero-order chi connectivity index (χ0) is 15.9. The smallest absolute Gasteiger partial charge is 0.146 e. The second kappa shape index (κ2) is 5.13. The summed E-state index contributed by atoms with van der Waals surface area (Å²) in [5.41, 5.74) is 4.40. The van der Waals surface area contributed by atoms with Gasteiger partial charge in [0.2, 0.25) is 0 Å². The van der Waals surface area contributed by atoms with E-state index in [1.54, 1.807) is 0 Å². The molecule has 1 heterocycles. The van der Waals surface area contributed by atoms with Gasteiger partial charge in [-0.05, 0) is 48.1 Å². The van der Waals surface area contributed by atoms with E-state index in [1.807, 2.05) is 43.3 Å². The topological polar surface area (TPSA) is 50.9 Å². The molecular formula is C18H21N3O. The van der Waals surface area contributed by atoms with Crippen molar-refractivity contribution in [3.8, 4) is 11.4 Å². The normalized spacial score (nSPS) is 12.0. The lowest BCUT2D eigenvalue weighted by Gasteiger charge is -2.20. The van der Waals surface area contributed by atoms with E-state index >= 15 is 0 Å². The molecule has 3 rings (SSSR count). The molecule has 0 aliphatic rings. The van der Waals surface area contributed by atoms with Crippen molar-refractivity contribution in [2.45, 2.75) is 34.1 Å². The van der Waals surface area contributed by atoms with E-state index in [0.717, 1.165) is 28.6 Å². The largest absolute Gasteiger partial charge is 0.505 e. The maximum Gasteiger partial charge on any atom is 0.146 e. The molecule has 0 aliphatic carbocycles. The van der Waals surface area contributed by atoms with Crippen molar-refractivity contribution in [2.24, 2.45) is 5.41 Å². The van der Waals surface area contributed by atoms with Crippen LogP contribution >= 0.6 is 0 Å². The molecule has 0 spiro atoms. The molecule has 3 aromatic rings. The first kappa shape index (κ1) is 14.6. The molecule has 0 bridgehead atoms. The van der Waals surface area contributed by atoms with Gasteiger partial charge in [-0.2, -0.15) is 0 Å². The van der Waals surface area contributed by atoms with E-state index in [2.05, 4.69) is 31.0 Å². The van der Waals surface area contributed by atoms with Gasteiger partial charge in [-0.15, -0.1) is 15.0 Å². The first-order valence-corrected chi connectivity index (χ1v) is 7.48. The molecule has 0 saturated heterocycles. The van der Waals surface area contributed by atoms with Crippen LogP contribution in [0.2, 0.25) is 0 Å². The Morgan fingerprint density at radius 2 is 1.64 bits per heavy atom. The molecular weight excluding hydrogens is 274 g/mol. The minimum Gasteiger partial charge on any atom is -0.505 e. The summed E-state index contributed by atoms with van der Waals surface area (Å²) < 4.78 is 0. The summed E-state index contributed by atoms with van der Waals surface area (Å²) in [4.78, 5) is 1.53. The average molecular weight is 295 g/mol. The highest BCUT2D eigenvalue weighted by Crippen LogP contribution is 2.32. The van der Waals surface area contributed by atoms with E-state index in [1.165, 1.54) is 4.80 Å². The molecule has 4 heteroatoms. The summed E-state index contributed by atoms with van der Waals surface area (Å²) >= 11 is 0. The summed E-state index contributed by atoms with van der Waals surface area (Å²) in [6, 6.07) is 11.7. The van der Waals surface area contributed by atoms with Crippen molar-refractivity contribution in [2.75, 3.05) is 0 Å². The van der Waals surface area contributed by atoms with Crippen LogP contribution in [-0.4, -0.2) is 20.1 Å². The second-order valence-corrected chi connectivity index (χ2v) is 7.01. The third kappa shape index (κ3) is 2.82. The van der Waals surface area contributed by atoms with Gasteiger partial charge in [0.05, 0.1) is 0 Å². The van der Waals surface area contributed by atoms with Crippen molar-refractivity contribution in [3.05, 3.63) is 47.5 Å². The molecule has 114 valence electrons. The number of fused-ring (bicyclic) bond motifs is 1. The van der Waals surface area contributed by atoms with Crippen LogP contribution in [-0.2, 0) is 6.42 Å². The van der Waals surface area contributed by atoms with E-state index in [-0.39, 0.29) is 11.2 Å². The zero-order valence-electron chi connectivity index (χ0n) is 13.5. The summed E-state index contributed by atoms with van der Waals surface area (Å²) in [5, 5.41) is 19.6. The average Bonchev–Trinajstić information content (AvgIpc) is 2.84. The summed E-state index contributed by atoms with van der Waals surface area (Å²) in [6.45, 7) is 8.51. The van der Waals surface area contributed by atoms with Crippen molar-refractivity contribution < 1.29 is 5.11 Å². The number of rotatable bonds is 2. The molecule has 0 atom stereocenters. The zero-order valence-corrected chi connectivity index (χ0v) is 13.5. The van der Waals surface area contributed by atoms with Gasteiger partial charge in [0.15, 0.2) is 0 Å². The Morgan fingerprint density at radius 1 is 1.05 bits per heavy atom. The number of benzene rings is 2. The quantitative estimate of drug-likeness (QED) is 0.776. The summed E-state index contributed by atoms with van der Waals surface area (Å²) in [7, 11) is 0. The minimum absolute atomic E-state index is 0.102. The van der Waals surface area contributed by atoms with Gasteiger partial charge in [0.1, 0.15) is 22.5 Å². The molecule has 0 amide bonds. The Labute approximate surface area is 130 Å². The fraction of sp³-hybridized carbons (Fsp3) is 0.333. The Morgan fingerprint density at radius 3 is 2.18 bits per heavy atom. The van der Waals surface area contributed by atoms with Crippen LogP contribution < -0.4 is 0 Å². The first-order valence-electron chi connectivity index (χ1n) is 7.48. The lowest BCUT2D eigenvalue weighted by molar-refractivity contribution is 0.393. The Balaban J connectivity index is 2.14. The fourth-order valence-electron chi connectivity index (χ4n) is 2.66. The van der Waals surface area contributed by atoms with Crippen molar-refractivity contribution >= 4 is 11.0 Å². The minimum atomic E-state index is 0.102. The van der Waals surface area contributed by atoms with E-state index in [9.17, 15) is 5.11 Å². The lowest BCUT2D eigenvalue weighted by Crippen LogP contribution is -2.11. The first-order chi connectivity index (χ1) is 10.3. The van der Waals surface area contributed by atoms with Crippen molar-refractivity contribution in [1.82, 2.24) is 15.0 Å². The molecule has 0 unspecified atom stereocenters. The van der Waals surface area contributed by atoms with Crippen LogP contribution in [0.4, 0.5) is 0 Å². The van der Waals surface area contributed by atoms with Crippen LogP contribution in [0.5, 0.6) is 5.75 Å². The number of phenols is 1. The molecule has 0 radical (unpaired) electrons. The SMILES string of the molecule is Cc1cc(CC(C)(C)C)c(O)c(-n2nc3ccccc3n2)c1. The van der Waals surface area contributed by atoms with Crippen LogP contribution in [0.15, 0.2) is 36.4 Å². The molecule has 0 saturated carbocycles. The van der Waals surface area contributed by atoms with Gasteiger partial charge in [-0.3, -0.25) is 0 Å². The van der Waals surface area contributed by atoms with E-state index < -0.39 is 0 Å². The van der Waals surface area contributed by atoms with Crippen molar-refractivity contribution in [1.29, 1.82) is 0 Å². The third-order valence-corrected chi connectivity index (χ3v) is 3.54. The van der Waals surface area contributed by atoms with Crippen LogP contribution in [0.1, 0.15) is 31.9 Å². The van der Waals surface area contributed by atoms with Gasteiger partial charge >= 0.3 is 0 Å². The van der Waals surface area contributed by atoms with Gasteiger partial charge in [-0.25, -0.2) is 0 Å². The highest BCUT2D eigenvalue weighted by molar-refractivity contribution is 5.73. The Bertz CT molecular complexity index is 795. The van der Waals surface area contributed by atoms with Crippen LogP contribution in [0.3, 0.4) is 0 Å². The van der Waals surface area contributed by atoms with Gasteiger partial charge in [-0.1, -0.05) is 39.0 Å². The maximum absolute atomic E-state index is 10.7. The highest BCUT2D eigenvalue weighted by Gasteiger charge is 2.18. The number of phenolic OH excluding ortho intramolecular Hbond substituents is 1. The molecule has 4 nitrogen and oxygen atoms in total. The fourth-order valence-corrected chi connectivity index (χ4v) is 2.66. The number of aromatic nitrogens is 3. The Hall–Kier alpha value is -2.36. The number of hydrogen-bond acceptors (Lipinski definition) is 3. The van der Waals surface area contributed by atoms with Crippen LogP contribution in [0.25, 0.3) is 16.7 Å². The standard InChI is InChI=1S/C18H21N3O/c1-12-9-13(11-18(2,3)4)17(22)16(10-12)21-19-14-7-5-6-8-15(14)20-21/h5-10,22H,11H2,1-4H3. The predicted octanol–water partition coefficient (Wildman–Crippen LogP) is 4.02. The predicted molar refractivity (Wildman–Crippen MR) is 88.4 cm³/mol. The van der Waals surface area contributed by atoms with E-state index in [4.69, 9.17) is 0 Å². The number of nitrogens with zero attached hydrogens (tertiary/aromatic N) is 3. The maximum atomic E-state index is 10.7. The molecule has 0 aliphatic heterocycles. The molecule has 0 fully saturated rings. The second-order valence-electron chi connectivity index (χ2n) is 7.01. The summed E-state index contributed by atoms with van der Waals surface area (Å²) in [5.74, 6) is 0.265. The monoisotopic (exact) mass is 295 g/mol. The molecule has 22 heavy (non-hydrogen) atoms.